The number of carbonyl (C=O) groups is 2. The van der Waals surface area contributed by atoms with Crippen molar-refractivity contribution < 1.29 is 19.1 Å². The summed E-state index contributed by atoms with van der Waals surface area (Å²) in [5, 5.41) is 0. The molecule has 0 unspecified atom stereocenters. The minimum Gasteiger partial charge on any atom is -0.462 e. The zero-order valence-corrected chi connectivity index (χ0v) is 18.5. The van der Waals surface area contributed by atoms with Crippen molar-refractivity contribution in [1.82, 2.24) is 0 Å². The predicted molar refractivity (Wildman–Crippen MR) is 112 cm³/mol. The number of fused-ring (bicyclic) bond motifs is 5. The Morgan fingerprint density at radius 1 is 1.07 bits per heavy atom. The number of rotatable bonds is 3. The van der Waals surface area contributed by atoms with Gasteiger partial charge in [-0.05, 0) is 79.6 Å². The molecule has 4 aliphatic carbocycles. The lowest BCUT2D eigenvalue weighted by Crippen LogP contribution is -2.49. The average molecular weight is 401 g/mol. The van der Waals surface area contributed by atoms with Gasteiger partial charge < -0.3 is 9.47 Å². The van der Waals surface area contributed by atoms with Gasteiger partial charge >= 0.3 is 11.9 Å². The standard InChI is InChI=1S/C25H36O4/c1-16(26)28-14-11-18-6-8-22-21-7-5-19-15-20(29-17(2)27)9-12-25(19,4)23(21)10-13-24(18,22)3/h5,11,20-23H,6-10,12-15H2,1-4H3/b18-11-/t20-,21+,22+,23+,24-,25-/m0/s1. The highest BCUT2D eigenvalue weighted by Gasteiger charge is 2.57. The summed E-state index contributed by atoms with van der Waals surface area (Å²) in [6.45, 7) is 8.36. The van der Waals surface area contributed by atoms with E-state index in [-0.39, 0.29) is 28.9 Å². The van der Waals surface area contributed by atoms with Gasteiger partial charge in [-0.3, -0.25) is 9.59 Å². The Kier molecular flexibility index (Phi) is 5.41. The number of carbonyl (C=O) groups excluding carboxylic acids is 2. The van der Waals surface area contributed by atoms with Gasteiger partial charge in [0.2, 0.25) is 0 Å². The first-order valence-corrected chi connectivity index (χ1v) is 11.4. The van der Waals surface area contributed by atoms with E-state index in [1.807, 2.05) is 0 Å². The summed E-state index contributed by atoms with van der Waals surface area (Å²) in [6, 6.07) is 0. The van der Waals surface area contributed by atoms with E-state index >= 15 is 0 Å². The molecule has 0 amide bonds. The van der Waals surface area contributed by atoms with Crippen LogP contribution in [0.4, 0.5) is 0 Å². The molecule has 4 rings (SSSR count). The first-order chi connectivity index (χ1) is 13.7. The Labute approximate surface area is 175 Å². The van der Waals surface area contributed by atoms with Crippen LogP contribution in [0.1, 0.15) is 79.1 Å². The van der Waals surface area contributed by atoms with Gasteiger partial charge in [-0.2, -0.15) is 0 Å². The molecule has 0 spiro atoms. The van der Waals surface area contributed by atoms with E-state index in [0.717, 1.165) is 43.4 Å². The molecular formula is C25H36O4. The third kappa shape index (κ3) is 3.57. The fourth-order valence-electron chi connectivity index (χ4n) is 7.41. The van der Waals surface area contributed by atoms with Gasteiger partial charge in [0.25, 0.3) is 0 Å². The van der Waals surface area contributed by atoms with Crippen molar-refractivity contribution in [2.24, 2.45) is 28.6 Å². The monoisotopic (exact) mass is 400 g/mol. The van der Waals surface area contributed by atoms with Crippen LogP contribution in [0.3, 0.4) is 0 Å². The van der Waals surface area contributed by atoms with Gasteiger partial charge in [-0.25, -0.2) is 0 Å². The Bertz CT molecular complexity index is 750. The molecule has 3 fully saturated rings. The fourth-order valence-corrected chi connectivity index (χ4v) is 7.41. The van der Waals surface area contributed by atoms with Crippen LogP contribution in [0.5, 0.6) is 0 Å². The molecule has 6 atom stereocenters. The van der Waals surface area contributed by atoms with E-state index in [1.165, 1.54) is 45.1 Å². The van der Waals surface area contributed by atoms with Gasteiger partial charge in [0.15, 0.2) is 0 Å². The quantitative estimate of drug-likeness (QED) is 0.472. The molecule has 4 nitrogen and oxygen atoms in total. The highest BCUT2D eigenvalue weighted by molar-refractivity contribution is 5.66. The van der Waals surface area contributed by atoms with Gasteiger partial charge in [0.1, 0.15) is 12.7 Å². The maximum atomic E-state index is 11.4. The second kappa shape index (κ2) is 7.59. The lowest BCUT2D eigenvalue weighted by Gasteiger charge is -2.57. The van der Waals surface area contributed by atoms with Gasteiger partial charge in [0, 0.05) is 20.3 Å². The number of hydrogen-bond acceptors (Lipinski definition) is 4. The Morgan fingerprint density at radius 3 is 2.52 bits per heavy atom. The van der Waals surface area contributed by atoms with Crippen LogP contribution in [0.15, 0.2) is 23.3 Å². The van der Waals surface area contributed by atoms with Crippen molar-refractivity contribution in [1.29, 1.82) is 0 Å². The largest absolute Gasteiger partial charge is 0.462 e. The molecule has 0 heterocycles. The van der Waals surface area contributed by atoms with Crippen molar-refractivity contribution in [3.63, 3.8) is 0 Å². The van der Waals surface area contributed by atoms with Crippen LogP contribution in [-0.4, -0.2) is 24.6 Å². The maximum absolute atomic E-state index is 11.4. The summed E-state index contributed by atoms with van der Waals surface area (Å²) >= 11 is 0. The lowest BCUT2D eigenvalue weighted by atomic mass is 9.48. The first kappa shape index (κ1) is 20.7. The summed E-state index contributed by atoms with van der Waals surface area (Å²) in [5.74, 6) is 1.86. The lowest BCUT2D eigenvalue weighted by molar-refractivity contribution is -0.148. The topological polar surface area (TPSA) is 52.6 Å². The van der Waals surface area contributed by atoms with Crippen LogP contribution >= 0.6 is 0 Å². The Balaban J connectivity index is 1.52. The third-order valence-corrected chi connectivity index (χ3v) is 8.86. The molecule has 29 heavy (non-hydrogen) atoms. The summed E-state index contributed by atoms with van der Waals surface area (Å²) in [7, 11) is 0. The van der Waals surface area contributed by atoms with E-state index in [1.54, 1.807) is 5.57 Å². The highest BCUT2D eigenvalue weighted by atomic mass is 16.5. The van der Waals surface area contributed by atoms with E-state index in [2.05, 4.69) is 26.0 Å². The second-order valence-electron chi connectivity index (χ2n) is 10.3. The number of hydrogen-bond donors (Lipinski definition) is 0. The van der Waals surface area contributed by atoms with Crippen molar-refractivity contribution in [2.45, 2.75) is 85.2 Å². The number of ether oxygens (including phenoxy) is 2. The van der Waals surface area contributed by atoms with Crippen LogP contribution in [0, 0.1) is 28.6 Å². The third-order valence-electron chi connectivity index (χ3n) is 8.86. The molecule has 0 aromatic carbocycles. The molecule has 0 bridgehead atoms. The molecule has 0 aromatic rings. The summed E-state index contributed by atoms with van der Waals surface area (Å²) in [6.07, 6.45) is 13.9. The minimum atomic E-state index is -0.201. The van der Waals surface area contributed by atoms with Crippen LogP contribution in [-0.2, 0) is 19.1 Å². The molecule has 4 aliphatic rings. The highest BCUT2D eigenvalue weighted by Crippen LogP contribution is 2.66. The summed E-state index contributed by atoms with van der Waals surface area (Å²) in [4.78, 5) is 22.5. The zero-order valence-electron chi connectivity index (χ0n) is 18.5. The summed E-state index contributed by atoms with van der Waals surface area (Å²) < 4.78 is 10.8. The first-order valence-electron chi connectivity index (χ1n) is 11.4. The van der Waals surface area contributed by atoms with E-state index in [9.17, 15) is 9.59 Å². The Hall–Kier alpha value is -1.58. The molecular weight excluding hydrogens is 364 g/mol. The molecule has 0 N–H and O–H groups in total. The van der Waals surface area contributed by atoms with Crippen LogP contribution < -0.4 is 0 Å². The zero-order chi connectivity index (χ0) is 20.8. The Morgan fingerprint density at radius 2 is 1.79 bits per heavy atom. The SMILES string of the molecule is CC(=O)OC/C=C1/CC[C@@H]2[C@H]3CC=C4C[C@@H](OC(C)=O)CC[C@]4(C)[C@@H]3CC[C@@]12C. The van der Waals surface area contributed by atoms with Crippen molar-refractivity contribution in [3.8, 4) is 0 Å². The molecule has 0 saturated heterocycles. The van der Waals surface area contributed by atoms with Crippen molar-refractivity contribution in [3.05, 3.63) is 23.3 Å². The minimum absolute atomic E-state index is 0.0690. The normalized spacial score (nSPS) is 42.3. The fraction of sp³-hybridized carbons (Fsp3) is 0.760. The van der Waals surface area contributed by atoms with Gasteiger partial charge in [-0.15, -0.1) is 0 Å². The van der Waals surface area contributed by atoms with Crippen molar-refractivity contribution >= 4 is 11.9 Å². The number of esters is 2. The molecule has 160 valence electrons. The number of allylic oxidation sites excluding steroid dienone is 2. The smallest absolute Gasteiger partial charge is 0.302 e. The molecule has 3 saturated carbocycles. The maximum Gasteiger partial charge on any atom is 0.302 e. The molecule has 0 aromatic heterocycles. The van der Waals surface area contributed by atoms with Gasteiger partial charge in [-0.1, -0.05) is 31.1 Å². The molecule has 4 heteroatoms. The average Bonchev–Trinajstić information content (AvgIpc) is 2.98. The van der Waals surface area contributed by atoms with Crippen LogP contribution in [0.25, 0.3) is 0 Å². The summed E-state index contributed by atoms with van der Waals surface area (Å²) in [5.41, 5.74) is 3.59. The second-order valence-corrected chi connectivity index (χ2v) is 10.3. The van der Waals surface area contributed by atoms with E-state index in [4.69, 9.17) is 9.47 Å². The molecule has 0 radical (unpaired) electrons. The van der Waals surface area contributed by atoms with Crippen molar-refractivity contribution in [2.75, 3.05) is 6.61 Å². The van der Waals surface area contributed by atoms with E-state index in [0.29, 0.717) is 6.61 Å². The molecule has 0 aliphatic heterocycles. The predicted octanol–water partition coefficient (Wildman–Crippen LogP) is 5.37. The van der Waals surface area contributed by atoms with E-state index < -0.39 is 0 Å². The van der Waals surface area contributed by atoms with Gasteiger partial charge in [0.05, 0.1) is 0 Å². The van der Waals surface area contributed by atoms with Crippen LogP contribution in [0.2, 0.25) is 0 Å².